The lowest BCUT2D eigenvalue weighted by Crippen LogP contribution is -2.45. The van der Waals surface area contributed by atoms with Crippen LogP contribution in [0.4, 0.5) is 16.2 Å². The van der Waals surface area contributed by atoms with Gasteiger partial charge in [0.2, 0.25) is 5.91 Å². The van der Waals surface area contributed by atoms with E-state index >= 15 is 0 Å². The Bertz CT molecular complexity index is 956. The summed E-state index contributed by atoms with van der Waals surface area (Å²) in [6.07, 6.45) is 4.79. The van der Waals surface area contributed by atoms with Crippen LogP contribution in [0, 0.1) is 0 Å². The zero-order chi connectivity index (χ0) is 21.8. The van der Waals surface area contributed by atoms with Crippen LogP contribution in [0.3, 0.4) is 0 Å². The molecule has 0 bridgehead atoms. The van der Waals surface area contributed by atoms with Gasteiger partial charge in [-0.15, -0.1) is 0 Å². The first-order valence-electron chi connectivity index (χ1n) is 10.7. The zero-order valence-corrected chi connectivity index (χ0v) is 17.6. The molecule has 7 heteroatoms. The summed E-state index contributed by atoms with van der Waals surface area (Å²) in [6.45, 7) is 0. The Morgan fingerprint density at radius 2 is 1.77 bits per heavy atom. The number of rotatable bonds is 6. The first-order chi connectivity index (χ1) is 15.1. The molecule has 4 rings (SSSR count). The van der Waals surface area contributed by atoms with Crippen LogP contribution in [-0.2, 0) is 9.59 Å². The molecule has 0 spiro atoms. The smallest absolute Gasteiger partial charge is 0.332 e. The summed E-state index contributed by atoms with van der Waals surface area (Å²) in [5.41, 5.74) is 1.12. The highest BCUT2D eigenvalue weighted by molar-refractivity contribution is 6.22. The molecule has 1 N–H and O–H groups in total. The van der Waals surface area contributed by atoms with E-state index in [1.54, 1.807) is 41.3 Å². The number of nitrogens with one attached hydrogen (secondary N) is 1. The molecule has 31 heavy (non-hydrogen) atoms. The molecule has 0 aromatic heterocycles. The topological polar surface area (TPSA) is 79.0 Å². The molecule has 1 aliphatic heterocycles. The van der Waals surface area contributed by atoms with Crippen molar-refractivity contribution in [2.45, 2.75) is 50.6 Å². The molecule has 1 saturated carbocycles. The number of carbonyl (C=O) groups excluding carboxylic acids is 3. The molecule has 162 valence electrons. The molecule has 2 aromatic rings. The number of amides is 4. The largest absolute Gasteiger partial charge is 0.497 e. The molecule has 0 radical (unpaired) electrons. The van der Waals surface area contributed by atoms with E-state index in [-0.39, 0.29) is 30.3 Å². The van der Waals surface area contributed by atoms with Crippen LogP contribution in [0.5, 0.6) is 5.75 Å². The maximum absolute atomic E-state index is 13.4. The Hall–Kier alpha value is -3.35. The third-order valence-corrected chi connectivity index (χ3v) is 5.97. The quantitative estimate of drug-likeness (QED) is 0.709. The van der Waals surface area contributed by atoms with Crippen molar-refractivity contribution >= 4 is 29.2 Å². The van der Waals surface area contributed by atoms with Gasteiger partial charge in [0.05, 0.1) is 19.2 Å². The van der Waals surface area contributed by atoms with Gasteiger partial charge in [0.1, 0.15) is 11.8 Å². The molecule has 2 aromatic carbocycles. The van der Waals surface area contributed by atoms with Crippen LogP contribution in [0.15, 0.2) is 54.6 Å². The number of imide groups is 1. The first kappa shape index (κ1) is 20.9. The predicted octanol–water partition coefficient (Wildman–Crippen LogP) is 4.19. The van der Waals surface area contributed by atoms with Crippen LogP contribution < -0.4 is 15.0 Å². The van der Waals surface area contributed by atoms with Gasteiger partial charge >= 0.3 is 6.03 Å². The average Bonchev–Trinajstić information content (AvgIpc) is 3.04. The number of nitrogens with zero attached hydrogens (tertiary/aromatic N) is 2. The predicted molar refractivity (Wildman–Crippen MR) is 118 cm³/mol. The Labute approximate surface area is 182 Å². The van der Waals surface area contributed by atoms with E-state index in [0.29, 0.717) is 17.1 Å². The van der Waals surface area contributed by atoms with E-state index in [1.807, 2.05) is 18.2 Å². The van der Waals surface area contributed by atoms with Gasteiger partial charge in [-0.25, -0.2) is 9.69 Å². The van der Waals surface area contributed by atoms with Crippen LogP contribution in [0.2, 0.25) is 0 Å². The Kier molecular flexibility index (Phi) is 6.21. The van der Waals surface area contributed by atoms with Gasteiger partial charge in [0.25, 0.3) is 5.91 Å². The minimum Gasteiger partial charge on any atom is -0.497 e. The van der Waals surface area contributed by atoms with Crippen molar-refractivity contribution in [1.82, 2.24) is 4.90 Å². The molecular formula is C24H27N3O4. The molecule has 2 fully saturated rings. The van der Waals surface area contributed by atoms with Crippen molar-refractivity contribution in [2.24, 2.45) is 0 Å². The number of methoxy groups -OCH3 is 1. The summed E-state index contributed by atoms with van der Waals surface area (Å²) < 4.78 is 5.26. The SMILES string of the molecule is COc1cccc(N2C(=O)[C@H](CC(=O)Nc3ccccc3)N(C3CCCCC3)C2=O)c1. The highest BCUT2D eigenvalue weighted by atomic mass is 16.5. The Morgan fingerprint density at radius 1 is 1.03 bits per heavy atom. The molecule has 7 nitrogen and oxygen atoms in total. The van der Waals surface area contributed by atoms with Crippen molar-refractivity contribution in [3.63, 3.8) is 0 Å². The minimum absolute atomic E-state index is 0.0321. The fourth-order valence-corrected chi connectivity index (χ4v) is 4.46. The van der Waals surface area contributed by atoms with Crippen LogP contribution in [0.25, 0.3) is 0 Å². The molecule has 2 aliphatic rings. The highest BCUT2D eigenvalue weighted by Gasteiger charge is 2.49. The summed E-state index contributed by atoms with van der Waals surface area (Å²) in [7, 11) is 1.54. The summed E-state index contributed by atoms with van der Waals surface area (Å²) in [4.78, 5) is 42.4. The third kappa shape index (κ3) is 4.40. The summed E-state index contributed by atoms with van der Waals surface area (Å²) in [5, 5.41) is 2.83. The molecule has 1 heterocycles. The van der Waals surface area contributed by atoms with Gasteiger partial charge in [-0.3, -0.25) is 9.59 Å². The van der Waals surface area contributed by atoms with E-state index < -0.39 is 6.04 Å². The number of urea groups is 1. The Balaban J connectivity index is 1.60. The van der Waals surface area contributed by atoms with Crippen molar-refractivity contribution in [1.29, 1.82) is 0 Å². The van der Waals surface area contributed by atoms with Gasteiger partial charge in [-0.2, -0.15) is 0 Å². The number of ether oxygens (including phenoxy) is 1. The van der Waals surface area contributed by atoms with Gasteiger partial charge in [0.15, 0.2) is 0 Å². The fourth-order valence-electron chi connectivity index (χ4n) is 4.46. The van der Waals surface area contributed by atoms with Crippen LogP contribution >= 0.6 is 0 Å². The van der Waals surface area contributed by atoms with E-state index in [1.165, 1.54) is 12.0 Å². The van der Waals surface area contributed by atoms with Gasteiger partial charge in [-0.1, -0.05) is 43.5 Å². The lowest BCUT2D eigenvalue weighted by molar-refractivity contribution is -0.125. The number of hydrogen-bond acceptors (Lipinski definition) is 4. The van der Waals surface area contributed by atoms with Crippen LogP contribution in [0.1, 0.15) is 38.5 Å². The number of benzene rings is 2. The second kappa shape index (κ2) is 9.20. The first-order valence-corrected chi connectivity index (χ1v) is 10.7. The lowest BCUT2D eigenvalue weighted by Gasteiger charge is -2.33. The normalized spacial score (nSPS) is 19.6. The van der Waals surface area contributed by atoms with Crippen molar-refractivity contribution < 1.29 is 19.1 Å². The molecule has 1 saturated heterocycles. The van der Waals surface area contributed by atoms with Gasteiger partial charge in [-0.05, 0) is 37.1 Å². The zero-order valence-electron chi connectivity index (χ0n) is 17.6. The molecule has 1 aliphatic carbocycles. The Morgan fingerprint density at radius 3 is 2.48 bits per heavy atom. The third-order valence-electron chi connectivity index (χ3n) is 5.97. The van der Waals surface area contributed by atoms with E-state index in [9.17, 15) is 14.4 Å². The summed E-state index contributed by atoms with van der Waals surface area (Å²) in [6, 6.07) is 14.8. The van der Waals surface area contributed by atoms with E-state index in [0.717, 1.165) is 32.1 Å². The highest BCUT2D eigenvalue weighted by Crippen LogP contribution is 2.34. The fraction of sp³-hybridized carbons (Fsp3) is 0.375. The summed E-state index contributed by atoms with van der Waals surface area (Å²) in [5.74, 6) is -0.0923. The number of para-hydroxylation sites is 1. The standard InChI is InChI=1S/C24H27N3O4/c1-31-20-14-8-13-19(15-20)27-23(29)21(16-22(28)25-17-9-4-2-5-10-17)26(24(27)30)18-11-6-3-7-12-18/h2,4-5,8-10,13-15,18,21H,3,6-7,11-12,16H2,1H3,(H,25,28)/t21-/m0/s1. The maximum atomic E-state index is 13.4. The lowest BCUT2D eigenvalue weighted by atomic mass is 9.93. The number of anilines is 2. The second-order valence-corrected chi connectivity index (χ2v) is 7.99. The van der Waals surface area contributed by atoms with E-state index in [2.05, 4.69) is 5.32 Å². The van der Waals surface area contributed by atoms with Crippen molar-refractivity contribution in [2.75, 3.05) is 17.3 Å². The van der Waals surface area contributed by atoms with Crippen molar-refractivity contribution in [3.8, 4) is 5.75 Å². The molecule has 0 unspecified atom stereocenters. The number of carbonyl (C=O) groups is 3. The maximum Gasteiger partial charge on any atom is 0.332 e. The minimum atomic E-state index is -0.814. The molecule has 4 amide bonds. The van der Waals surface area contributed by atoms with Crippen molar-refractivity contribution in [3.05, 3.63) is 54.6 Å². The second-order valence-electron chi connectivity index (χ2n) is 7.99. The van der Waals surface area contributed by atoms with Gasteiger partial charge in [0, 0.05) is 17.8 Å². The van der Waals surface area contributed by atoms with E-state index in [4.69, 9.17) is 4.74 Å². The monoisotopic (exact) mass is 421 g/mol. The molecule has 1 atom stereocenters. The van der Waals surface area contributed by atoms with Gasteiger partial charge < -0.3 is 15.0 Å². The average molecular weight is 421 g/mol. The molecular weight excluding hydrogens is 394 g/mol. The number of hydrogen-bond donors (Lipinski definition) is 1. The van der Waals surface area contributed by atoms with Crippen LogP contribution in [-0.4, -0.2) is 41.9 Å². The summed E-state index contributed by atoms with van der Waals surface area (Å²) >= 11 is 0.